The first-order valence-corrected chi connectivity index (χ1v) is 16.7. The van der Waals surface area contributed by atoms with E-state index in [-0.39, 0.29) is 6.71 Å². The van der Waals surface area contributed by atoms with Gasteiger partial charge >= 0.3 is 0 Å². The van der Waals surface area contributed by atoms with Gasteiger partial charge in [-0.1, -0.05) is 103 Å². The van der Waals surface area contributed by atoms with Crippen LogP contribution in [0.4, 0.5) is 17.1 Å². The first-order chi connectivity index (χ1) is 23.3. The lowest BCUT2D eigenvalue weighted by Gasteiger charge is -2.35. The Morgan fingerprint density at radius 2 is 1.17 bits per heavy atom. The number of rotatable bonds is 4. The van der Waals surface area contributed by atoms with Gasteiger partial charge in [0, 0.05) is 38.6 Å². The lowest BCUT2D eigenvalue weighted by atomic mass is 9.35. The maximum absolute atomic E-state index is 6.76. The number of benzene rings is 7. The standard InChI is InChI=1S/C42H26BNO2S/c1-2-12-28(13-3-1)41-31-23-24-47-40(31)22-21-35(41)44(34-18-10-14-27-11-4-5-15-30(27)34)29-25-38-42-39(26-29)46-37-20-9-7-17-33(37)43(42)32-16-6-8-19-36(32)45-38/h1-26H. The fourth-order valence-corrected chi connectivity index (χ4v) is 8.24. The van der Waals surface area contributed by atoms with Gasteiger partial charge in [0.2, 0.25) is 0 Å². The lowest BCUT2D eigenvalue weighted by molar-refractivity contribution is 0.465. The molecule has 220 valence electrons. The van der Waals surface area contributed by atoms with Gasteiger partial charge in [0.15, 0.2) is 0 Å². The smallest absolute Gasteiger partial charge is 0.260 e. The second-order valence-corrected chi connectivity index (χ2v) is 13.0. The zero-order valence-corrected chi connectivity index (χ0v) is 26.1. The Morgan fingerprint density at radius 3 is 1.94 bits per heavy atom. The number of hydrogen-bond donors (Lipinski definition) is 0. The molecule has 0 bridgehead atoms. The fraction of sp³-hybridized carbons (Fsp3) is 0. The predicted molar refractivity (Wildman–Crippen MR) is 197 cm³/mol. The Bertz CT molecular complexity index is 2430. The van der Waals surface area contributed by atoms with Gasteiger partial charge in [-0.3, -0.25) is 0 Å². The van der Waals surface area contributed by atoms with Crippen molar-refractivity contribution in [1.82, 2.24) is 0 Å². The number of fused-ring (bicyclic) bond motifs is 6. The van der Waals surface area contributed by atoms with E-state index < -0.39 is 0 Å². The third-order valence-corrected chi connectivity index (χ3v) is 10.3. The molecule has 2 aliphatic heterocycles. The van der Waals surface area contributed by atoms with Crippen LogP contribution in [0, 0.1) is 0 Å². The molecule has 0 spiro atoms. The molecule has 0 radical (unpaired) electrons. The highest BCUT2D eigenvalue weighted by atomic mass is 32.1. The van der Waals surface area contributed by atoms with Crippen LogP contribution >= 0.6 is 11.3 Å². The van der Waals surface area contributed by atoms with Gasteiger partial charge in [-0.05, 0) is 63.7 Å². The molecular formula is C42H26BNO2S. The largest absolute Gasteiger partial charge is 0.458 e. The number of thiophene rings is 1. The number of anilines is 3. The third-order valence-electron chi connectivity index (χ3n) is 9.46. The summed E-state index contributed by atoms with van der Waals surface area (Å²) in [6.45, 7) is 0.0250. The van der Waals surface area contributed by atoms with E-state index >= 15 is 0 Å². The van der Waals surface area contributed by atoms with Crippen LogP contribution in [0.2, 0.25) is 0 Å². The van der Waals surface area contributed by atoms with Crippen molar-refractivity contribution in [2.24, 2.45) is 0 Å². The average Bonchev–Trinajstić information content (AvgIpc) is 3.61. The molecular weight excluding hydrogens is 593 g/mol. The molecule has 0 amide bonds. The van der Waals surface area contributed by atoms with Crippen molar-refractivity contribution >= 4 is 72.4 Å². The summed E-state index contributed by atoms with van der Waals surface area (Å²) in [6, 6.07) is 53.8. The van der Waals surface area contributed by atoms with Crippen LogP contribution in [-0.2, 0) is 0 Å². The molecule has 0 unspecified atom stereocenters. The van der Waals surface area contributed by atoms with Crippen LogP contribution in [0.1, 0.15) is 0 Å². The molecule has 3 nitrogen and oxygen atoms in total. The van der Waals surface area contributed by atoms with E-state index in [1.54, 1.807) is 11.3 Å². The second kappa shape index (κ2) is 10.4. The van der Waals surface area contributed by atoms with Crippen molar-refractivity contribution in [2.75, 3.05) is 4.90 Å². The van der Waals surface area contributed by atoms with E-state index in [1.807, 2.05) is 12.1 Å². The van der Waals surface area contributed by atoms with Gasteiger partial charge in [0.05, 0.1) is 17.1 Å². The maximum atomic E-state index is 6.76. The highest BCUT2D eigenvalue weighted by Gasteiger charge is 2.40. The van der Waals surface area contributed by atoms with Crippen molar-refractivity contribution in [1.29, 1.82) is 0 Å². The van der Waals surface area contributed by atoms with Crippen LogP contribution in [0.3, 0.4) is 0 Å². The second-order valence-electron chi connectivity index (χ2n) is 12.1. The molecule has 0 fully saturated rings. The lowest BCUT2D eigenvalue weighted by Crippen LogP contribution is -2.57. The van der Waals surface area contributed by atoms with Crippen LogP contribution in [-0.4, -0.2) is 6.71 Å². The van der Waals surface area contributed by atoms with E-state index in [0.717, 1.165) is 56.4 Å². The maximum Gasteiger partial charge on any atom is 0.260 e. The van der Waals surface area contributed by atoms with Gasteiger partial charge < -0.3 is 14.4 Å². The molecule has 8 aromatic rings. The molecule has 7 aromatic carbocycles. The highest BCUT2D eigenvalue weighted by Crippen LogP contribution is 2.49. The molecule has 1 aromatic heterocycles. The minimum absolute atomic E-state index is 0.0250. The van der Waals surface area contributed by atoms with E-state index in [2.05, 4.69) is 150 Å². The molecule has 2 aliphatic rings. The van der Waals surface area contributed by atoms with E-state index in [9.17, 15) is 0 Å². The zero-order chi connectivity index (χ0) is 30.9. The van der Waals surface area contributed by atoms with Crippen molar-refractivity contribution < 1.29 is 9.47 Å². The molecule has 0 saturated carbocycles. The fourth-order valence-electron chi connectivity index (χ4n) is 7.45. The van der Waals surface area contributed by atoms with Crippen molar-refractivity contribution in [2.45, 2.75) is 0 Å². The summed E-state index contributed by atoms with van der Waals surface area (Å²) < 4.78 is 14.8. The van der Waals surface area contributed by atoms with Crippen molar-refractivity contribution in [3.63, 3.8) is 0 Å². The SMILES string of the molecule is c1ccc(-c2c(N(c3cc4c5c(c3)Oc3ccccc3B5c3ccccc3O4)c3cccc4ccccc34)ccc3sccc23)cc1. The third kappa shape index (κ3) is 4.07. The molecule has 0 N–H and O–H groups in total. The van der Waals surface area contributed by atoms with Gasteiger partial charge in [-0.25, -0.2) is 0 Å². The Balaban J connectivity index is 1.28. The van der Waals surface area contributed by atoms with E-state index in [0.29, 0.717) is 0 Å². The summed E-state index contributed by atoms with van der Waals surface area (Å²) in [7, 11) is 0. The predicted octanol–water partition coefficient (Wildman–Crippen LogP) is 9.92. The number of para-hydroxylation sites is 2. The molecule has 0 aliphatic carbocycles. The topological polar surface area (TPSA) is 21.7 Å². The summed E-state index contributed by atoms with van der Waals surface area (Å²) in [5.41, 5.74) is 8.90. The molecule has 0 atom stereocenters. The Morgan fingerprint density at radius 1 is 0.511 bits per heavy atom. The first-order valence-electron chi connectivity index (χ1n) is 15.9. The normalized spacial score (nSPS) is 12.6. The Hall–Kier alpha value is -5.78. The molecule has 0 saturated heterocycles. The van der Waals surface area contributed by atoms with Gasteiger partial charge in [0.25, 0.3) is 6.71 Å². The molecule has 5 heteroatoms. The van der Waals surface area contributed by atoms with Crippen LogP contribution in [0.25, 0.3) is 32.0 Å². The van der Waals surface area contributed by atoms with Crippen LogP contribution in [0.15, 0.2) is 157 Å². The minimum Gasteiger partial charge on any atom is -0.458 e. The van der Waals surface area contributed by atoms with Crippen LogP contribution < -0.4 is 30.8 Å². The summed E-state index contributed by atoms with van der Waals surface area (Å²) in [6.07, 6.45) is 0. The monoisotopic (exact) mass is 619 g/mol. The van der Waals surface area contributed by atoms with E-state index in [4.69, 9.17) is 9.47 Å². The average molecular weight is 620 g/mol. The number of nitrogens with zero attached hydrogens (tertiary/aromatic N) is 1. The molecule has 10 rings (SSSR count). The van der Waals surface area contributed by atoms with Crippen molar-refractivity contribution in [3.05, 3.63) is 157 Å². The molecule has 47 heavy (non-hydrogen) atoms. The highest BCUT2D eigenvalue weighted by molar-refractivity contribution is 7.17. The van der Waals surface area contributed by atoms with Gasteiger partial charge in [-0.15, -0.1) is 11.3 Å². The van der Waals surface area contributed by atoms with E-state index in [1.165, 1.54) is 32.0 Å². The number of hydrogen-bond acceptors (Lipinski definition) is 4. The van der Waals surface area contributed by atoms with Crippen LogP contribution in [0.5, 0.6) is 23.0 Å². The minimum atomic E-state index is 0.0250. The number of ether oxygens (including phenoxy) is 2. The van der Waals surface area contributed by atoms with Gasteiger partial charge in [-0.2, -0.15) is 0 Å². The quantitative estimate of drug-likeness (QED) is 0.183. The summed E-state index contributed by atoms with van der Waals surface area (Å²) >= 11 is 1.77. The first kappa shape index (κ1) is 26.4. The summed E-state index contributed by atoms with van der Waals surface area (Å²) in [5.74, 6) is 3.40. The van der Waals surface area contributed by atoms with Gasteiger partial charge in [0.1, 0.15) is 23.0 Å². The summed E-state index contributed by atoms with van der Waals surface area (Å²) in [5, 5.41) is 5.77. The summed E-state index contributed by atoms with van der Waals surface area (Å²) in [4.78, 5) is 2.39. The Labute approximate surface area is 277 Å². The van der Waals surface area contributed by atoms with Crippen molar-refractivity contribution in [3.8, 4) is 34.1 Å². The molecule has 3 heterocycles. The Kier molecular flexibility index (Phi) is 5.84. The zero-order valence-electron chi connectivity index (χ0n) is 25.3.